The molecule has 0 heterocycles. The average Bonchev–Trinajstić information content (AvgIpc) is 2.27. The molecule has 1 rings (SSSR count). The number of benzene rings is 1. The number of rotatable bonds is 5. The second-order valence-electron chi connectivity index (χ2n) is 3.49. The highest BCUT2D eigenvalue weighted by atomic mass is 35.5. The molecule has 0 atom stereocenters. The van der Waals surface area contributed by atoms with Gasteiger partial charge in [-0.25, -0.2) is 0 Å². The number of carbonyl (C=O) groups is 1. The van der Waals surface area contributed by atoms with Gasteiger partial charge >= 0.3 is 6.18 Å². The number of alkyl halides is 4. The zero-order chi connectivity index (χ0) is 13.6. The van der Waals surface area contributed by atoms with E-state index in [2.05, 4.69) is 10.1 Å². The van der Waals surface area contributed by atoms with Crippen molar-refractivity contribution >= 4 is 23.2 Å². The molecule has 0 radical (unpaired) electrons. The molecule has 1 N–H and O–H groups in total. The summed E-state index contributed by atoms with van der Waals surface area (Å²) in [6.07, 6.45) is -4.43. The van der Waals surface area contributed by atoms with Crippen molar-refractivity contribution < 1.29 is 22.7 Å². The van der Waals surface area contributed by atoms with E-state index in [4.69, 9.17) is 11.6 Å². The third-order valence-electron chi connectivity index (χ3n) is 1.86. The van der Waals surface area contributed by atoms with E-state index in [1.54, 1.807) is 24.3 Å². The smallest absolute Gasteiger partial charge is 0.362 e. The van der Waals surface area contributed by atoms with Crippen LogP contribution in [-0.2, 0) is 15.4 Å². The predicted molar refractivity (Wildman–Crippen MR) is 61.5 cm³/mol. The van der Waals surface area contributed by atoms with Crippen LogP contribution >= 0.6 is 11.6 Å². The number of amides is 1. The maximum atomic E-state index is 11.8. The number of halogens is 4. The molecule has 1 aromatic rings. The monoisotopic (exact) mass is 281 g/mol. The second kappa shape index (κ2) is 6.61. The Morgan fingerprint density at radius 3 is 2.72 bits per heavy atom. The summed E-state index contributed by atoms with van der Waals surface area (Å²) in [6.45, 7) is -2.09. The molecule has 0 aromatic heterocycles. The van der Waals surface area contributed by atoms with Gasteiger partial charge in [0.05, 0.1) is 0 Å². The lowest BCUT2D eigenvalue weighted by Crippen LogP contribution is -2.24. The first-order chi connectivity index (χ1) is 8.40. The Labute approximate surface area is 107 Å². The fourth-order valence-corrected chi connectivity index (χ4v) is 1.35. The second-order valence-corrected chi connectivity index (χ2v) is 3.76. The zero-order valence-corrected chi connectivity index (χ0v) is 10.0. The summed E-state index contributed by atoms with van der Waals surface area (Å²) >= 11 is 5.61. The lowest BCUT2D eigenvalue weighted by Gasteiger charge is -2.08. The molecule has 0 aliphatic heterocycles. The van der Waals surface area contributed by atoms with Crippen molar-refractivity contribution in [2.45, 2.75) is 12.1 Å². The Hall–Kier alpha value is -1.27. The molecule has 0 saturated heterocycles. The van der Waals surface area contributed by atoms with Crippen molar-refractivity contribution in [3.8, 4) is 0 Å². The summed E-state index contributed by atoms with van der Waals surface area (Å²) in [7, 11) is 0. The fraction of sp³-hybridized carbons (Fsp3) is 0.364. The minimum Gasteiger partial charge on any atom is -0.362 e. The molecule has 3 nitrogen and oxygen atoms in total. The average molecular weight is 282 g/mol. The van der Waals surface area contributed by atoms with Crippen molar-refractivity contribution in [2.75, 3.05) is 18.5 Å². The summed E-state index contributed by atoms with van der Waals surface area (Å²) < 4.78 is 39.5. The first kappa shape index (κ1) is 14.8. The van der Waals surface area contributed by atoms with Gasteiger partial charge in [0.15, 0.2) is 0 Å². The van der Waals surface area contributed by atoms with E-state index >= 15 is 0 Å². The SMILES string of the molecule is O=C(COCC(F)(F)F)Nc1cccc(CCl)c1. The Kier molecular flexibility index (Phi) is 5.43. The van der Waals surface area contributed by atoms with E-state index in [-0.39, 0.29) is 5.88 Å². The van der Waals surface area contributed by atoms with Crippen LogP contribution in [0.4, 0.5) is 18.9 Å². The Bertz CT molecular complexity index is 410. The van der Waals surface area contributed by atoms with Crippen molar-refractivity contribution in [1.82, 2.24) is 0 Å². The highest BCUT2D eigenvalue weighted by Crippen LogP contribution is 2.15. The molecule has 7 heteroatoms. The molecule has 0 fully saturated rings. The van der Waals surface area contributed by atoms with Gasteiger partial charge in [-0.3, -0.25) is 4.79 Å². The largest absolute Gasteiger partial charge is 0.411 e. The van der Waals surface area contributed by atoms with E-state index in [9.17, 15) is 18.0 Å². The summed E-state index contributed by atoms with van der Waals surface area (Å²) in [5, 5.41) is 2.41. The first-order valence-electron chi connectivity index (χ1n) is 5.00. The van der Waals surface area contributed by atoms with Gasteiger partial charge in [-0.15, -0.1) is 11.6 Å². The van der Waals surface area contributed by atoms with Crippen LogP contribution in [0.2, 0.25) is 0 Å². The molecule has 0 aliphatic carbocycles. The third-order valence-corrected chi connectivity index (χ3v) is 2.17. The van der Waals surface area contributed by atoms with Crippen LogP contribution in [0.3, 0.4) is 0 Å². The van der Waals surface area contributed by atoms with E-state index in [0.29, 0.717) is 5.69 Å². The molecule has 0 bridgehead atoms. The van der Waals surface area contributed by atoms with Gasteiger partial charge in [0.25, 0.3) is 0 Å². The predicted octanol–water partition coefficient (Wildman–Crippen LogP) is 2.94. The Balaban J connectivity index is 2.40. The van der Waals surface area contributed by atoms with Crippen LogP contribution in [0.15, 0.2) is 24.3 Å². The summed E-state index contributed by atoms with van der Waals surface area (Å²) in [4.78, 5) is 11.3. The van der Waals surface area contributed by atoms with Crippen LogP contribution in [0.1, 0.15) is 5.56 Å². The topological polar surface area (TPSA) is 38.3 Å². The van der Waals surface area contributed by atoms with Gasteiger partial charge in [0.2, 0.25) is 5.91 Å². The first-order valence-corrected chi connectivity index (χ1v) is 5.53. The Morgan fingerprint density at radius 1 is 1.39 bits per heavy atom. The highest BCUT2D eigenvalue weighted by molar-refractivity contribution is 6.17. The van der Waals surface area contributed by atoms with E-state index in [0.717, 1.165) is 5.56 Å². The maximum Gasteiger partial charge on any atom is 0.411 e. The van der Waals surface area contributed by atoms with Gasteiger partial charge < -0.3 is 10.1 Å². The molecule has 100 valence electrons. The highest BCUT2D eigenvalue weighted by Gasteiger charge is 2.27. The number of hydrogen-bond acceptors (Lipinski definition) is 2. The Morgan fingerprint density at radius 2 is 2.11 bits per heavy atom. The number of carbonyl (C=O) groups excluding carboxylic acids is 1. The molecule has 18 heavy (non-hydrogen) atoms. The van der Waals surface area contributed by atoms with Crippen molar-refractivity contribution in [3.63, 3.8) is 0 Å². The van der Waals surface area contributed by atoms with Gasteiger partial charge in [0.1, 0.15) is 13.2 Å². The van der Waals surface area contributed by atoms with Crippen LogP contribution < -0.4 is 5.32 Å². The lowest BCUT2D eigenvalue weighted by atomic mass is 10.2. The molecule has 0 aliphatic rings. The van der Waals surface area contributed by atoms with Crippen molar-refractivity contribution in [3.05, 3.63) is 29.8 Å². The van der Waals surface area contributed by atoms with Crippen molar-refractivity contribution in [1.29, 1.82) is 0 Å². The van der Waals surface area contributed by atoms with Crippen LogP contribution in [-0.4, -0.2) is 25.3 Å². The molecule has 1 amide bonds. The van der Waals surface area contributed by atoms with Crippen LogP contribution in [0.25, 0.3) is 0 Å². The molecule has 0 unspecified atom stereocenters. The fourth-order valence-electron chi connectivity index (χ4n) is 1.19. The van der Waals surface area contributed by atoms with Gasteiger partial charge in [0, 0.05) is 11.6 Å². The third kappa shape index (κ3) is 5.88. The minimum absolute atomic E-state index is 0.286. The number of ether oxygens (including phenoxy) is 1. The molecule has 0 saturated carbocycles. The minimum atomic E-state index is -4.43. The normalized spacial score (nSPS) is 11.3. The van der Waals surface area contributed by atoms with Gasteiger partial charge in [-0.05, 0) is 17.7 Å². The van der Waals surface area contributed by atoms with E-state index < -0.39 is 25.3 Å². The molecular formula is C11H11ClF3NO2. The maximum absolute atomic E-state index is 11.8. The molecular weight excluding hydrogens is 271 g/mol. The standard InChI is InChI=1S/C11H11ClF3NO2/c12-5-8-2-1-3-9(4-8)16-10(17)6-18-7-11(13,14)15/h1-4H,5-7H2,(H,16,17). The van der Waals surface area contributed by atoms with Crippen molar-refractivity contribution in [2.24, 2.45) is 0 Å². The number of hydrogen-bond donors (Lipinski definition) is 1. The van der Waals surface area contributed by atoms with E-state index in [1.165, 1.54) is 0 Å². The van der Waals surface area contributed by atoms with E-state index in [1.807, 2.05) is 0 Å². The quantitative estimate of drug-likeness (QED) is 0.843. The zero-order valence-electron chi connectivity index (χ0n) is 9.26. The number of anilines is 1. The summed E-state index contributed by atoms with van der Waals surface area (Å²) in [5.74, 6) is -0.361. The summed E-state index contributed by atoms with van der Waals surface area (Å²) in [6, 6.07) is 6.69. The lowest BCUT2D eigenvalue weighted by molar-refractivity contribution is -0.174. The molecule has 1 aromatic carbocycles. The van der Waals surface area contributed by atoms with Gasteiger partial charge in [-0.1, -0.05) is 12.1 Å². The number of nitrogens with one attached hydrogen (secondary N) is 1. The van der Waals surface area contributed by atoms with Gasteiger partial charge in [-0.2, -0.15) is 13.2 Å². The van der Waals surface area contributed by atoms with Crippen LogP contribution in [0, 0.1) is 0 Å². The molecule has 0 spiro atoms. The summed E-state index contributed by atoms with van der Waals surface area (Å²) in [5.41, 5.74) is 1.26. The van der Waals surface area contributed by atoms with Crippen LogP contribution in [0.5, 0.6) is 0 Å².